The second-order valence-corrected chi connectivity index (χ2v) is 8.93. The van der Waals surface area contributed by atoms with Crippen molar-refractivity contribution in [3.8, 4) is 17.2 Å². The Bertz CT molecular complexity index is 1100. The van der Waals surface area contributed by atoms with E-state index in [0.29, 0.717) is 17.8 Å². The summed E-state index contributed by atoms with van der Waals surface area (Å²) in [5, 5.41) is 8.82. The summed E-state index contributed by atoms with van der Waals surface area (Å²) < 4.78 is 42.8. The van der Waals surface area contributed by atoms with Crippen LogP contribution in [0.2, 0.25) is 0 Å². The van der Waals surface area contributed by atoms with Gasteiger partial charge in [0.25, 0.3) is 0 Å². The zero-order valence-electron chi connectivity index (χ0n) is 18.1. The quantitative estimate of drug-likeness (QED) is 0.399. The van der Waals surface area contributed by atoms with E-state index in [2.05, 4.69) is 31.2 Å². The fourth-order valence-electron chi connectivity index (χ4n) is 5.00. The molecular formula is C28H26F3N. The maximum absolute atomic E-state index is 14.9. The second kappa shape index (κ2) is 9.61. The molecule has 0 bridgehead atoms. The summed E-state index contributed by atoms with van der Waals surface area (Å²) in [5.41, 5.74) is 1.91. The lowest BCUT2D eigenvalue weighted by Gasteiger charge is -2.30. The Labute approximate surface area is 187 Å². The summed E-state index contributed by atoms with van der Waals surface area (Å²) in [4.78, 5) is 0. The topological polar surface area (TPSA) is 23.8 Å². The molecular weight excluding hydrogens is 407 g/mol. The molecule has 1 aliphatic carbocycles. The molecule has 1 unspecified atom stereocenters. The van der Waals surface area contributed by atoms with Gasteiger partial charge >= 0.3 is 0 Å². The van der Waals surface area contributed by atoms with Crippen molar-refractivity contribution in [1.29, 1.82) is 5.26 Å². The first-order valence-corrected chi connectivity index (χ1v) is 11.2. The first-order valence-electron chi connectivity index (χ1n) is 11.2. The van der Waals surface area contributed by atoms with Gasteiger partial charge < -0.3 is 0 Å². The molecule has 1 atom stereocenters. The van der Waals surface area contributed by atoms with Crippen LogP contribution in [-0.4, -0.2) is 0 Å². The van der Waals surface area contributed by atoms with Crippen LogP contribution in [0.3, 0.4) is 0 Å². The number of hydrogen-bond donors (Lipinski definition) is 0. The summed E-state index contributed by atoms with van der Waals surface area (Å²) in [6.07, 6.45) is 5.45. The predicted octanol–water partition coefficient (Wildman–Crippen LogP) is 8.11. The standard InChI is InChI=1S/C28H26F3N/c1-18(20-5-3-2-4-6-20)13-19-7-9-21(10-8-19)22-11-12-24(26(29)14-22)23-15-27(30)25(17-32)28(31)16-23/h2-6,11-12,14-16,18-19,21H,7-10,13H2,1H3. The van der Waals surface area contributed by atoms with Crippen LogP contribution >= 0.6 is 0 Å². The lowest BCUT2D eigenvalue weighted by Crippen LogP contribution is -2.15. The lowest BCUT2D eigenvalue weighted by atomic mass is 9.75. The molecule has 0 saturated heterocycles. The molecule has 1 nitrogen and oxygen atoms in total. The van der Waals surface area contributed by atoms with E-state index in [1.54, 1.807) is 6.07 Å². The monoisotopic (exact) mass is 433 g/mol. The third-order valence-electron chi connectivity index (χ3n) is 6.83. The fourth-order valence-corrected chi connectivity index (χ4v) is 5.00. The van der Waals surface area contributed by atoms with E-state index >= 15 is 0 Å². The van der Waals surface area contributed by atoms with Crippen molar-refractivity contribution in [2.45, 2.75) is 50.9 Å². The van der Waals surface area contributed by atoms with E-state index in [1.807, 2.05) is 12.1 Å². The van der Waals surface area contributed by atoms with Crippen LogP contribution < -0.4 is 0 Å². The van der Waals surface area contributed by atoms with Gasteiger partial charge in [0.2, 0.25) is 0 Å². The molecule has 0 amide bonds. The predicted molar refractivity (Wildman–Crippen MR) is 121 cm³/mol. The average Bonchev–Trinajstić information content (AvgIpc) is 2.80. The number of nitrogens with zero attached hydrogens (tertiary/aromatic N) is 1. The van der Waals surface area contributed by atoms with E-state index < -0.39 is 23.0 Å². The molecule has 164 valence electrons. The van der Waals surface area contributed by atoms with Gasteiger partial charge in [0, 0.05) is 5.56 Å². The molecule has 0 spiro atoms. The highest BCUT2D eigenvalue weighted by molar-refractivity contribution is 5.66. The van der Waals surface area contributed by atoms with Crippen LogP contribution in [-0.2, 0) is 0 Å². The average molecular weight is 434 g/mol. The maximum Gasteiger partial charge on any atom is 0.144 e. The molecule has 4 rings (SSSR count). The molecule has 0 aromatic heterocycles. The normalized spacial score (nSPS) is 19.3. The SMILES string of the molecule is CC(CC1CCC(c2ccc(-c3cc(F)c(C#N)c(F)c3)c(F)c2)CC1)c1ccccc1. The molecule has 0 aliphatic heterocycles. The molecule has 1 saturated carbocycles. The summed E-state index contributed by atoms with van der Waals surface area (Å²) in [7, 11) is 0. The number of nitriles is 1. The van der Waals surface area contributed by atoms with Crippen LogP contribution in [0.1, 0.15) is 67.6 Å². The van der Waals surface area contributed by atoms with Crippen molar-refractivity contribution in [3.63, 3.8) is 0 Å². The van der Waals surface area contributed by atoms with Crippen LogP contribution in [0.25, 0.3) is 11.1 Å². The zero-order valence-corrected chi connectivity index (χ0v) is 18.1. The highest BCUT2D eigenvalue weighted by atomic mass is 19.1. The molecule has 1 aliphatic rings. The molecule has 1 fully saturated rings. The van der Waals surface area contributed by atoms with Gasteiger partial charge in [0.05, 0.1) is 0 Å². The Kier molecular flexibility index (Phi) is 6.65. The van der Waals surface area contributed by atoms with Crippen molar-refractivity contribution < 1.29 is 13.2 Å². The molecule has 3 aromatic rings. The van der Waals surface area contributed by atoms with E-state index in [0.717, 1.165) is 43.4 Å². The number of rotatable bonds is 5. The first kappa shape index (κ1) is 22.1. The van der Waals surface area contributed by atoms with Crippen molar-refractivity contribution in [3.05, 3.63) is 94.8 Å². The molecule has 0 heterocycles. The smallest absolute Gasteiger partial charge is 0.144 e. The van der Waals surface area contributed by atoms with Crippen LogP contribution in [0.5, 0.6) is 0 Å². The highest BCUT2D eigenvalue weighted by Crippen LogP contribution is 2.40. The van der Waals surface area contributed by atoms with E-state index in [-0.39, 0.29) is 11.1 Å². The van der Waals surface area contributed by atoms with Gasteiger partial charge in [-0.25, -0.2) is 13.2 Å². The van der Waals surface area contributed by atoms with E-state index in [1.165, 1.54) is 24.1 Å². The Balaban J connectivity index is 1.42. The minimum Gasteiger partial charge on any atom is -0.206 e. The van der Waals surface area contributed by atoms with Crippen molar-refractivity contribution >= 4 is 0 Å². The third kappa shape index (κ3) is 4.72. The molecule has 4 heteroatoms. The fraction of sp³-hybridized carbons (Fsp3) is 0.321. The zero-order chi connectivity index (χ0) is 22.7. The van der Waals surface area contributed by atoms with Crippen molar-refractivity contribution in [2.24, 2.45) is 5.92 Å². The summed E-state index contributed by atoms with van der Waals surface area (Å²) >= 11 is 0. The van der Waals surface area contributed by atoms with Crippen LogP contribution in [0.4, 0.5) is 13.2 Å². The number of hydrogen-bond acceptors (Lipinski definition) is 1. The van der Waals surface area contributed by atoms with Gasteiger partial charge in [-0.3, -0.25) is 0 Å². The maximum atomic E-state index is 14.9. The second-order valence-electron chi connectivity index (χ2n) is 8.93. The Morgan fingerprint density at radius 2 is 1.53 bits per heavy atom. The third-order valence-corrected chi connectivity index (χ3v) is 6.83. The van der Waals surface area contributed by atoms with Gasteiger partial charge in [-0.05, 0) is 84.7 Å². The van der Waals surface area contributed by atoms with Crippen molar-refractivity contribution in [2.75, 3.05) is 0 Å². The summed E-state index contributed by atoms with van der Waals surface area (Å²) in [6, 6.07) is 19.1. The van der Waals surface area contributed by atoms with Crippen LogP contribution in [0.15, 0.2) is 60.7 Å². The molecule has 0 radical (unpaired) electrons. The number of halogens is 3. The van der Waals surface area contributed by atoms with E-state index in [9.17, 15) is 13.2 Å². The molecule has 3 aromatic carbocycles. The van der Waals surface area contributed by atoms with Gasteiger partial charge in [-0.1, -0.05) is 49.4 Å². The van der Waals surface area contributed by atoms with Gasteiger partial charge in [-0.15, -0.1) is 0 Å². The number of benzene rings is 3. The Morgan fingerprint density at radius 1 is 0.875 bits per heavy atom. The summed E-state index contributed by atoms with van der Waals surface area (Å²) in [5.74, 6) is -0.942. The largest absolute Gasteiger partial charge is 0.206 e. The lowest BCUT2D eigenvalue weighted by molar-refractivity contribution is 0.297. The molecule has 0 N–H and O–H groups in total. The van der Waals surface area contributed by atoms with E-state index in [4.69, 9.17) is 5.26 Å². The van der Waals surface area contributed by atoms with Crippen molar-refractivity contribution in [1.82, 2.24) is 0 Å². The summed E-state index contributed by atoms with van der Waals surface area (Å²) in [6.45, 7) is 2.28. The molecule has 32 heavy (non-hydrogen) atoms. The Morgan fingerprint density at radius 3 is 2.12 bits per heavy atom. The van der Waals surface area contributed by atoms with Gasteiger partial charge in [0.1, 0.15) is 29.1 Å². The highest BCUT2D eigenvalue weighted by Gasteiger charge is 2.25. The minimum absolute atomic E-state index is 0.0988. The first-order chi connectivity index (χ1) is 15.5. The minimum atomic E-state index is -0.978. The van der Waals surface area contributed by atoms with Gasteiger partial charge in [-0.2, -0.15) is 5.26 Å². The van der Waals surface area contributed by atoms with Gasteiger partial charge in [0.15, 0.2) is 0 Å². The van der Waals surface area contributed by atoms with Crippen LogP contribution in [0, 0.1) is 34.7 Å². The Hall–Kier alpha value is -3.06.